The molecule has 5 nitrogen and oxygen atoms in total. The predicted octanol–water partition coefficient (Wildman–Crippen LogP) is 3.91. The number of ether oxygens (including phenoxy) is 1. The van der Waals surface area contributed by atoms with Crippen LogP contribution in [0.15, 0.2) is 54.6 Å². The number of rotatable bonds is 6. The van der Waals surface area contributed by atoms with Crippen LogP contribution in [-0.2, 0) is 9.09 Å². The van der Waals surface area contributed by atoms with E-state index in [4.69, 9.17) is 18.3 Å². The van der Waals surface area contributed by atoms with Crippen LogP contribution in [0.2, 0.25) is 0 Å². The Balaban J connectivity index is 2.16. The van der Waals surface area contributed by atoms with Crippen LogP contribution in [0.4, 0.5) is 0 Å². The highest BCUT2D eigenvalue weighted by atomic mass is 31.2. The second kappa shape index (κ2) is 6.46. The van der Waals surface area contributed by atoms with Crippen molar-refractivity contribution in [1.82, 2.24) is 0 Å². The standard InChI is InChI=1S/C14H15O5P/c1-16-13-9-6-10-14(11-13)19-20(15,17-2)18-12-7-4-3-5-8-12/h3-11H,1-2H3. The molecule has 0 amide bonds. The number of phosphoric ester groups is 1. The van der Waals surface area contributed by atoms with Gasteiger partial charge < -0.3 is 13.8 Å². The van der Waals surface area contributed by atoms with Gasteiger partial charge in [0.05, 0.1) is 7.11 Å². The van der Waals surface area contributed by atoms with E-state index in [0.717, 1.165) is 0 Å². The molecule has 1 unspecified atom stereocenters. The predicted molar refractivity (Wildman–Crippen MR) is 75.3 cm³/mol. The van der Waals surface area contributed by atoms with Gasteiger partial charge in [0.15, 0.2) is 0 Å². The van der Waals surface area contributed by atoms with Gasteiger partial charge >= 0.3 is 7.82 Å². The summed E-state index contributed by atoms with van der Waals surface area (Å²) in [5.74, 6) is 1.33. The van der Waals surface area contributed by atoms with E-state index in [1.807, 2.05) is 6.07 Å². The molecule has 0 aliphatic heterocycles. The smallest absolute Gasteiger partial charge is 0.497 e. The third-order valence-corrected chi connectivity index (χ3v) is 3.76. The Hall–Kier alpha value is -1.97. The van der Waals surface area contributed by atoms with Gasteiger partial charge in [0, 0.05) is 13.2 Å². The van der Waals surface area contributed by atoms with Gasteiger partial charge in [-0.1, -0.05) is 24.3 Å². The SMILES string of the molecule is COc1cccc(OP(=O)(OC)Oc2ccccc2)c1. The fourth-order valence-electron chi connectivity index (χ4n) is 1.49. The third-order valence-electron chi connectivity index (χ3n) is 2.44. The van der Waals surface area contributed by atoms with Crippen LogP contribution < -0.4 is 13.8 Å². The van der Waals surface area contributed by atoms with E-state index in [2.05, 4.69) is 0 Å². The normalized spacial score (nSPS) is 13.3. The first kappa shape index (κ1) is 14.4. The second-order valence-electron chi connectivity index (χ2n) is 3.80. The molecule has 0 aliphatic carbocycles. The molecule has 0 heterocycles. The Morgan fingerprint density at radius 1 is 0.800 bits per heavy atom. The molecule has 6 heteroatoms. The van der Waals surface area contributed by atoms with Crippen molar-refractivity contribution < 1.29 is 22.9 Å². The third kappa shape index (κ3) is 3.76. The van der Waals surface area contributed by atoms with Crippen LogP contribution in [0.1, 0.15) is 0 Å². The lowest BCUT2D eigenvalue weighted by Gasteiger charge is -2.17. The van der Waals surface area contributed by atoms with Crippen molar-refractivity contribution in [2.75, 3.05) is 14.2 Å². The van der Waals surface area contributed by atoms with E-state index in [9.17, 15) is 4.57 Å². The van der Waals surface area contributed by atoms with E-state index >= 15 is 0 Å². The van der Waals surface area contributed by atoms with Gasteiger partial charge in [-0.15, -0.1) is 0 Å². The molecule has 0 bridgehead atoms. The molecule has 106 valence electrons. The molecule has 0 saturated heterocycles. The number of hydrogen-bond acceptors (Lipinski definition) is 5. The highest BCUT2D eigenvalue weighted by Gasteiger charge is 2.29. The van der Waals surface area contributed by atoms with E-state index in [1.54, 1.807) is 48.5 Å². The first-order valence-electron chi connectivity index (χ1n) is 5.89. The zero-order chi connectivity index (χ0) is 14.4. The van der Waals surface area contributed by atoms with Crippen molar-refractivity contribution in [3.8, 4) is 17.2 Å². The molecular formula is C14H15O5P. The Kier molecular flexibility index (Phi) is 4.66. The van der Waals surface area contributed by atoms with Gasteiger partial charge in [-0.2, -0.15) is 0 Å². The van der Waals surface area contributed by atoms with Crippen molar-refractivity contribution in [2.24, 2.45) is 0 Å². The maximum atomic E-state index is 12.4. The molecule has 0 radical (unpaired) electrons. The van der Waals surface area contributed by atoms with Crippen molar-refractivity contribution in [3.63, 3.8) is 0 Å². The lowest BCUT2D eigenvalue weighted by atomic mass is 10.3. The molecule has 0 aromatic heterocycles. The average Bonchev–Trinajstić information content (AvgIpc) is 2.48. The number of benzene rings is 2. The Morgan fingerprint density at radius 2 is 1.40 bits per heavy atom. The van der Waals surface area contributed by atoms with Gasteiger partial charge in [0.1, 0.15) is 17.2 Å². The fraction of sp³-hybridized carbons (Fsp3) is 0.143. The highest BCUT2D eigenvalue weighted by Crippen LogP contribution is 2.49. The van der Waals surface area contributed by atoms with E-state index in [-0.39, 0.29) is 0 Å². The zero-order valence-electron chi connectivity index (χ0n) is 11.2. The minimum Gasteiger partial charge on any atom is -0.497 e. The molecule has 0 spiro atoms. The largest absolute Gasteiger partial charge is 0.587 e. The quantitative estimate of drug-likeness (QED) is 0.756. The van der Waals surface area contributed by atoms with E-state index in [1.165, 1.54) is 14.2 Å². The summed E-state index contributed by atoms with van der Waals surface area (Å²) in [6.45, 7) is 0. The first-order chi connectivity index (χ1) is 9.65. The lowest BCUT2D eigenvalue weighted by molar-refractivity contribution is 0.249. The van der Waals surface area contributed by atoms with Gasteiger partial charge in [-0.05, 0) is 24.3 Å². The van der Waals surface area contributed by atoms with Gasteiger partial charge in [0.25, 0.3) is 0 Å². The first-order valence-corrected chi connectivity index (χ1v) is 7.35. The summed E-state index contributed by atoms with van der Waals surface area (Å²) in [7, 11) is -0.925. The molecule has 20 heavy (non-hydrogen) atoms. The van der Waals surface area contributed by atoms with Crippen LogP contribution in [0.5, 0.6) is 17.2 Å². The van der Waals surface area contributed by atoms with Crippen LogP contribution in [0, 0.1) is 0 Å². The highest BCUT2D eigenvalue weighted by molar-refractivity contribution is 7.49. The number of hydrogen-bond donors (Lipinski definition) is 0. The molecule has 0 aliphatic rings. The van der Waals surface area contributed by atoms with Crippen LogP contribution in [0.25, 0.3) is 0 Å². The molecule has 2 aromatic carbocycles. The monoisotopic (exact) mass is 294 g/mol. The maximum absolute atomic E-state index is 12.4. The average molecular weight is 294 g/mol. The van der Waals surface area contributed by atoms with E-state index in [0.29, 0.717) is 17.2 Å². The topological polar surface area (TPSA) is 54.0 Å². The van der Waals surface area contributed by atoms with Crippen molar-refractivity contribution in [3.05, 3.63) is 54.6 Å². The van der Waals surface area contributed by atoms with Crippen LogP contribution in [-0.4, -0.2) is 14.2 Å². The molecule has 0 N–H and O–H groups in total. The summed E-state index contributed by atoms with van der Waals surface area (Å²) in [5.41, 5.74) is 0. The van der Waals surface area contributed by atoms with Crippen LogP contribution >= 0.6 is 7.82 Å². The minimum atomic E-state index is -3.73. The summed E-state index contributed by atoms with van der Waals surface area (Å²) in [5, 5.41) is 0. The van der Waals surface area contributed by atoms with Crippen molar-refractivity contribution >= 4 is 7.82 Å². The zero-order valence-corrected chi connectivity index (χ0v) is 12.1. The summed E-state index contributed by atoms with van der Waals surface area (Å²) in [6.07, 6.45) is 0. The molecule has 1 atom stereocenters. The Labute approximate surface area is 117 Å². The van der Waals surface area contributed by atoms with Crippen LogP contribution in [0.3, 0.4) is 0 Å². The molecular weight excluding hydrogens is 279 g/mol. The Bertz CT molecular complexity index is 600. The van der Waals surface area contributed by atoms with E-state index < -0.39 is 7.82 Å². The lowest BCUT2D eigenvalue weighted by Crippen LogP contribution is -2.02. The van der Waals surface area contributed by atoms with Gasteiger partial charge in [-0.25, -0.2) is 4.57 Å². The minimum absolute atomic E-state index is 0.338. The summed E-state index contributed by atoms with van der Waals surface area (Å²) in [6, 6.07) is 15.4. The maximum Gasteiger partial charge on any atom is 0.587 e. The molecule has 0 saturated carbocycles. The summed E-state index contributed by atoms with van der Waals surface area (Å²) < 4.78 is 33.0. The molecule has 0 fully saturated rings. The Morgan fingerprint density at radius 3 is 2.05 bits per heavy atom. The number of methoxy groups -OCH3 is 1. The second-order valence-corrected chi connectivity index (χ2v) is 5.43. The van der Waals surface area contributed by atoms with Crippen molar-refractivity contribution in [2.45, 2.75) is 0 Å². The molecule has 2 aromatic rings. The number of phosphoric acid groups is 1. The summed E-state index contributed by atoms with van der Waals surface area (Å²) in [4.78, 5) is 0. The fourth-order valence-corrected chi connectivity index (χ4v) is 2.43. The molecule has 2 rings (SSSR count). The summed E-state index contributed by atoms with van der Waals surface area (Å²) >= 11 is 0. The number of para-hydroxylation sites is 1. The van der Waals surface area contributed by atoms with Gasteiger partial charge in [-0.3, -0.25) is 4.52 Å². The van der Waals surface area contributed by atoms with Crippen molar-refractivity contribution in [1.29, 1.82) is 0 Å². The van der Waals surface area contributed by atoms with Gasteiger partial charge in [0.2, 0.25) is 0 Å².